The molecule has 2 radical (unpaired) electrons. The number of rotatable bonds is 4. The summed E-state index contributed by atoms with van der Waals surface area (Å²) >= 11 is 1.97. The van der Waals surface area contributed by atoms with Crippen molar-refractivity contribution in [2.75, 3.05) is 13.6 Å². The Kier molecular flexibility index (Phi) is 12.3. The molecule has 1 unspecified atom stereocenters. The van der Waals surface area contributed by atoms with E-state index in [-0.39, 0.29) is 59.1 Å². The SMILES string of the molecule is CN(CC(N)=O)N[AsH][AsH].[Y]. The molecule has 0 saturated heterocycles. The average molecular weight is 343 g/mol. The van der Waals surface area contributed by atoms with Crippen LogP contribution in [0.1, 0.15) is 0 Å². The number of nitrogens with zero attached hydrogens (tertiary/aromatic N) is 1. The van der Waals surface area contributed by atoms with Crippen LogP contribution in [-0.4, -0.2) is 53.2 Å². The number of nitrogens with two attached hydrogens (primary N) is 1. The first kappa shape index (κ1) is 14.2. The van der Waals surface area contributed by atoms with Crippen molar-refractivity contribution in [2.24, 2.45) is 5.73 Å². The van der Waals surface area contributed by atoms with Crippen LogP contribution in [0.15, 0.2) is 0 Å². The van der Waals surface area contributed by atoms with Crippen molar-refractivity contribution in [3.05, 3.63) is 0 Å². The van der Waals surface area contributed by atoms with E-state index in [0.29, 0.717) is 0 Å². The summed E-state index contributed by atoms with van der Waals surface area (Å²) in [6.45, 7) is 0.289. The Hall–Kier alpha value is 1.61. The number of carbonyl (C=O) groups excluding carboxylic acids is 1. The number of carbonyl (C=O) groups is 1. The third-order valence-corrected chi connectivity index (χ3v) is 2.89. The first-order valence-electron chi connectivity index (χ1n) is 2.33. The first-order valence-corrected chi connectivity index (χ1v) is 9.88. The van der Waals surface area contributed by atoms with Gasteiger partial charge >= 0.3 is 68.1 Å². The third-order valence-electron chi connectivity index (χ3n) is 0.640. The number of primary amides is 1. The van der Waals surface area contributed by atoms with Crippen LogP contribution in [0, 0.1) is 0 Å². The molecular weight excluding hydrogens is 333 g/mol. The molecule has 0 rings (SSSR count). The number of nitrogens with one attached hydrogen (secondary N) is 1. The Morgan fingerprint density at radius 3 is 2.70 bits per heavy atom. The zero-order valence-electron chi connectivity index (χ0n) is 5.72. The van der Waals surface area contributed by atoms with E-state index in [4.69, 9.17) is 5.73 Å². The van der Waals surface area contributed by atoms with Gasteiger partial charge in [-0.05, 0) is 0 Å². The molecule has 3 N–H and O–H groups in total. The Morgan fingerprint density at radius 2 is 2.40 bits per heavy atom. The molecule has 4 nitrogen and oxygen atoms in total. The summed E-state index contributed by atoms with van der Waals surface area (Å²) in [4.78, 5) is 10.2. The molecule has 1 atom stereocenters. The molecule has 0 bridgehead atoms. The normalized spacial score (nSPS) is 10.3. The molecule has 1 amide bonds. The second-order valence-electron chi connectivity index (χ2n) is 1.56. The molecule has 0 heterocycles. The number of hydrogen-bond acceptors (Lipinski definition) is 3. The molecule has 0 aromatic rings. The molecule has 0 saturated carbocycles. The van der Waals surface area contributed by atoms with Crippen molar-refractivity contribution in [1.82, 2.24) is 9.35 Å². The third kappa shape index (κ3) is 9.61. The average Bonchev–Trinajstić information content (AvgIpc) is 1.63. The van der Waals surface area contributed by atoms with Crippen LogP contribution < -0.4 is 10.1 Å². The van der Waals surface area contributed by atoms with Crippen molar-refractivity contribution in [3.8, 4) is 0 Å². The molecule has 0 aromatic carbocycles. The topological polar surface area (TPSA) is 58.4 Å². The molecule has 0 aromatic heterocycles. The number of hydrogen-bond donors (Lipinski definition) is 2. The fraction of sp³-hybridized carbons (Fsp3) is 0.667. The van der Waals surface area contributed by atoms with Gasteiger partial charge in [0.2, 0.25) is 0 Å². The molecule has 10 heavy (non-hydrogen) atoms. The van der Waals surface area contributed by atoms with Gasteiger partial charge in [-0.2, -0.15) is 0 Å². The fourth-order valence-electron chi connectivity index (χ4n) is 0.369. The van der Waals surface area contributed by atoms with E-state index in [1.165, 1.54) is 0 Å². The van der Waals surface area contributed by atoms with Crippen LogP contribution in [0.25, 0.3) is 0 Å². The predicted octanol–water partition coefficient (Wildman–Crippen LogP) is -2.93. The van der Waals surface area contributed by atoms with Crippen molar-refractivity contribution in [2.45, 2.75) is 0 Å². The minimum atomic E-state index is -0.301. The minimum Gasteiger partial charge on any atom is 0 e. The van der Waals surface area contributed by atoms with Crippen molar-refractivity contribution >= 4 is 34.6 Å². The van der Waals surface area contributed by atoms with Gasteiger partial charge in [0.05, 0.1) is 0 Å². The standard InChI is InChI=1S/C3H10As2N3O.Y/c1-8(7-5-4)2-3(6)9;/h4-5,7H,2H2,1H3,(H2,6,9);. The van der Waals surface area contributed by atoms with E-state index < -0.39 is 0 Å². The summed E-state index contributed by atoms with van der Waals surface area (Å²) in [5.74, 6) is -0.301. The van der Waals surface area contributed by atoms with Crippen molar-refractivity contribution in [1.29, 1.82) is 0 Å². The van der Waals surface area contributed by atoms with Crippen LogP contribution in [0.3, 0.4) is 0 Å². The molecule has 0 aliphatic heterocycles. The number of amides is 1. The van der Waals surface area contributed by atoms with E-state index in [1.807, 2.05) is 0 Å². The Labute approximate surface area is 99.6 Å². The van der Waals surface area contributed by atoms with Crippen LogP contribution in [0.2, 0.25) is 0 Å². The Balaban J connectivity index is 0. The quantitative estimate of drug-likeness (QED) is 0.425. The maximum atomic E-state index is 10.2. The van der Waals surface area contributed by atoms with E-state index in [2.05, 4.69) is 19.1 Å². The summed E-state index contributed by atoms with van der Waals surface area (Å²) in [7, 11) is 1.80. The number of likely N-dealkylation sites (N-methyl/N-ethyl adjacent to an activating group) is 1. The van der Waals surface area contributed by atoms with Crippen LogP contribution >= 0.6 is 0 Å². The summed E-state index contributed by atoms with van der Waals surface area (Å²) < 4.78 is 3.03. The predicted molar refractivity (Wildman–Crippen MR) is 39.3 cm³/mol. The summed E-state index contributed by atoms with van der Waals surface area (Å²) in [5, 5.41) is 1.71. The van der Waals surface area contributed by atoms with Gasteiger partial charge < -0.3 is 0 Å². The smallest absolute Gasteiger partial charge is 0 e. The van der Waals surface area contributed by atoms with Gasteiger partial charge in [0.25, 0.3) is 0 Å². The second kappa shape index (κ2) is 8.71. The zero-order chi connectivity index (χ0) is 7.28. The molecule has 0 aliphatic rings. The monoisotopic (exact) mass is 343 g/mol. The minimum absolute atomic E-state index is 0. The van der Waals surface area contributed by atoms with Crippen LogP contribution in [0.4, 0.5) is 0 Å². The second-order valence-corrected chi connectivity index (χ2v) is 5.28. The van der Waals surface area contributed by atoms with Crippen LogP contribution in [-0.2, 0) is 37.5 Å². The molecule has 0 spiro atoms. The molecule has 7 heteroatoms. The van der Waals surface area contributed by atoms with Gasteiger partial charge in [0.15, 0.2) is 0 Å². The maximum Gasteiger partial charge on any atom is 0 e. The van der Waals surface area contributed by atoms with Gasteiger partial charge in [-0.15, -0.1) is 0 Å². The summed E-state index contributed by atoms with van der Waals surface area (Å²) in [5.41, 5.74) is 4.92. The van der Waals surface area contributed by atoms with Crippen LogP contribution in [0.5, 0.6) is 0 Å². The van der Waals surface area contributed by atoms with E-state index in [0.717, 1.165) is 0 Å². The van der Waals surface area contributed by atoms with E-state index >= 15 is 0 Å². The largest absolute Gasteiger partial charge is 0 e. The van der Waals surface area contributed by atoms with Crippen molar-refractivity contribution in [3.63, 3.8) is 0 Å². The summed E-state index contributed by atoms with van der Waals surface area (Å²) in [6.07, 6.45) is 0. The zero-order valence-corrected chi connectivity index (χ0v) is 12.8. The first-order chi connectivity index (χ1) is 4.16. The van der Waals surface area contributed by atoms with E-state index in [1.54, 1.807) is 12.1 Å². The molecular formula is C3H10As2N3OY. The molecule has 0 aliphatic carbocycles. The number of hydrazine groups is 1. The Morgan fingerprint density at radius 1 is 1.90 bits per heavy atom. The Bertz CT molecular complexity index is 104. The van der Waals surface area contributed by atoms with Gasteiger partial charge in [-0.1, -0.05) is 0 Å². The van der Waals surface area contributed by atoms with Gasteiger partial charge in [0, 0.05) is 32.7 Å². The summed E-state index contributed by atoms with van der Waals surface area (Å²) in [6, 6.07) is 0. The maximum absolute atomic E-state index is 10.2. The van der Waals surface area contributed by atoms with Crippen molar-refractivity contribution < 1.29 is 37.5 Å². The van der Waals surface area contributed by atoms with Gasteiger partial charge in [-0.25, -0.2) is 0 Å². The molecule has 56 valence electrons. The fourth-order valence-corrected chi connectivity index (χ4v) is 3.02. The van der Waals surface area contributed by atoms with Gasteiger partial charge in [0.1, 0.15) is 0 Å². The molecule has 0 fully saturated rings. The van der Waals surface area contributed by atoms with Gasteiger partial charge in [-0.3, -0.25) is 0 Å². The van der Waals surface area contributed by atoms with E-state index in [9.17, 15) is 4.79 Å².